The minimum atomic E-state index is 0.0628. The second-order valence-electron chi connectivity index (χ2n) is 9.41. The highest BCUT2D eigenvalue weighted by molar-refractivity contribution is 5.94. The Bertz CT molecular complexity index is 1270. The van der Waals surface area contributed by atoms with Crippen LogP contribution >= 0.6 is 0 Å². The molecule has 1 fully saturated rings. The number of amides is 1. The number of aromatic nitrogens is 2. The van der Waals surface area contributed by atoms with Crippen molar-refractivity contribution in [1.29, 1.82) is 0 Å². The summed E-state index contributed by atoms with van der Waals surface area (Å²) in [6.07, 6.45) is 3.15. The third-order valence-corrected chi connectivity index (χ3v) is 6.85. The maximum atomic E-state index is 13.7. The van der Waals surface area contributed by atoms with Gasteiger partial charge in [0.2, 0.25) is 0 Å². The van der Waals surface area contributed by atoms with Crippen molar-refractivity contribution in [3.8, 4) is 16.9 Å². The smallest absolute Gasteiger partial charge is 0.272 e. The van der Waals surface area contributed by atoms with Crippen molar-refractivity contribution in [2.45, 2.75) is 33.1 Å². The van der Waals surface area contributed by atoms with E-state index in [9.17, 15) is 4.79 Å². The lowest BCUT2D eigenvalue weighted by atomic mass is 9.90. The summed E-state index contributed by atoms with van der Waals surface area (Å²) in [5.74, 6) is 0.684. The van der Waals surface area contributed by atoms with Crippen LogP contribution in [-0.2, 0) is 6.42 Å². The zero-order valence-corrected chi connectivity index (χ0v) is 19.9. The van der Waals surface area contributed by atoms with Gasteiger partial charge in [0.25, 0.3) is 5.91 Å². The van der Waals surface area contributed by atoms with Gasteiger partial charge >= 0.3 is 0 Å². The van der Waals surface area contributed by atoms with Crippen LogP contribution in [0.15, 0.2) is 84.9 Å². The molecule has 1 saturated heterocycles. The lowest BCUT2D eigenvalue weighted by molar-refractivity contribution is 0.0681. The Hall–Kier alpha value is -3.66. The Kier molecular flexibility index (Phi) is 6.31. The van der Waals surface area contributed by atoms with E-state index in [4.69, 9.17) is 5.10 Å². The molecule has 0 atom stereocenters. The molecule has 34 heavy (non-hydrogen) atoms. The molecule has 1 amide bonds. The molecule has 3 aromatic carbocycles. The van der Waals surface area contributed by atoms with Crippen molar-refractivity contribution >= 4 is 5.91 Å². The Morgan fingerprint density at radius 3 is 2.24 bits per heavy atom. The average Bonchev–Trinajstić information content (AvgIpc) is 3.30. The molecule has 4 aromatic rings. The van der Waals surface area contributed by atoms with E-state index < -0.39 is 0 Å². The molecule has 4 nitrogen and oxygen atoms in total. The SMILES string of the molecule is Cc1ccc(-n2nc(-c3ccccc3)cc2C(=O)N2CCC(Cc3ccccc3)CC2)c(C)c1. The molecule has 5 rings (SSSR count). The van der Waals surface area contributed by atoms with Crippen LogP contribution in [-0.4, -0.2) is 33.7 Å². The van der Waals surface area contributed by atoms with Crippen LogP contribution in [0.3, 0.4) is 0 Å². The van der Waals surface area contributed by atoms with Gasteiger partial charge in [-0.2, -0.15) is 5.10 Å². The number of rotatable bonds is 5. The maximum Gasteiger partial charge on any atom is 0.272 e. The quantitative estimate of drug-likeness (QED) is 0.361. The van der Waals surface area contributed by atoms with E-state index in [1.54, 1.807) is 0 Å². The van der Waals surface area contributed by atoms with Crippen molar-refractivity contribution in [1.82, 2.24) is 14.7 Å². The molecule has 4 heteroatoms. The number of benzene rings is 3. The van der Waals surface area contributed by atoms with Gasteiger partial charge in [-0.05, 0) is 62.3 Å². The first kappa shape index (κ1) is 22.1. The first-order valence-electron chi connectivity index (χ1n) is 12.1. The normalized spacial score (nSPS) is 14.4. The van der Waals surface area contributed by atoms with Crippen LogP contribution in [0.2, 0.25) is 0 Å². The molecule has 0 aliphatic carbocycles. The molecule has 0 bridgehead atoms. The van der Waals surface area contributed by atoms with Crippen molar-refractivity contribution in [2.24, 2.45) is 5.92 Å². The fourth-order valence-electron chi connectivity index (χ4n) is 4.96. The van der Waals surface area contributed by atoms with E-state index in [2.05, 4.69) is 62.4 Å². The molecule has 0 N–H and O–H groups in total. The molecular weight excluding hydrogens is 418 g/mol. The molecule has 0 radical (unpaired) electrons. The van der Waals surface area contributed by atoms with E-state index in [1.165, 1.54) is 11.1 Å². The zero-order chi connectivity index (χ0) is 23.5. The topological polar surface area (TPSA) is 38.1 Å². The predicted molar refractivity (Wildman–Crippen MR) is 137 cm³/mol. The van der Waals surface area contributed by atoms with E-state index in [-0.39, 0.29) is 5.91 Å². The summed E-state index contributed by atoms with van der Waals surface area (Å²) < 4.78 is 1.84. The van der Waals surface area contributed by atoms with Crippen LogP contribution in [0, 0.1) is 19.8 Å². The number of carbonyl (C=O) groups is 1. The second kappa shape index (κ2) is 9.68. The molecule has 0 saturated carbocycles. The largest absolute Gasteiger partial charge is 0.337 e. The van der Waals surface area contributed by atoms with Gasteiger partial charge in [0.1, 0.15) is 5.69 Å². The Labute approximate surface area is 201 Å². The van der Waals surface area contributed by atoms with Crippen LogP contribution in [0.25, 0.3) is 16.9 Å². The minimum Gasteiger partial charge on any atom is -0.337 e. The van der Waals surface area contributed by atoms with E-state index in [0.717, 1.165) is 54.9 Å². The first-order chi connectivity index (χ1) is 16.6. The zero-order valence-electron chi connectivity index (χ0n) is 19.9. The highest BCUT2D eigenvalue weighted by atomic mass is 16.2. The Balaban J connectivity index is 1.41. The number of hydrogen-bond acceptors (Lipinski definition) is 2. The van der Waals surface area contributed by atoms with Gasteiger partial charge in [-0.1, -0.05) is 78.4 Å². The number of hydrogen-bond donors (Lipinski definition) is 0. The maximum absolute atomic E-state index is 13.7. The van der Waals surface area contributed by atoms with Crippen LogP contribution in [0.1, 0.15) is 40.0 Å². The summed E-state index contributed by atoms with van der Waals surface area (Å²) in [5.41, 5.74) is 7.11. The molecule has 1 aliphatic rings. The van der Waals surface area contributed by atoms with Gasteiger partial charge in [-0.3, -0.25) is 4.79 Å². The first-order valence-corrected chi connectivity index (χ1v) is 12.1. The summed E-state index contributed by atoms with van der Waals surface area (Å²) in [4.78, 5) is 15.8. The van der Waals surface area contributed by atoms with Gasteiger partial charge in [0.15, 0.2) is 0 Å². The van der Waals surface area contributed by atoms with Crippen LogP contribution < -0.4 is 0 Å². The fourth-order valence-corrected chi connectivity index (χ4v) is 4.96. The Morgan fingerprint density at radius 2 is 1.56 bits per heavy atom. The average molecular weight is 450 g/mol. The van der Waals surface area contributed by atoms with Crippen molar-refractivity contribution in [3.63, 3.8) is 0 Å². The number of nitrogens with zero attached hydrogens (tertiary/aromatic N) is 3. The van der Waals surface area contributed by atoms with Crippen LogP contribution in [0.5, 0.6) is 0 Å². The molecule has 0 spiro atoms. The van der Waals surface area contributed by atoms with Crippen molar-refractivity contribution in [3.05, 3.63) is 107 Å². The molecular formula is C30H31N3O. The van der Waals surface area contributed by atoms with Crippen molar-refractivity contribution in [2.75, 3.05) is 13.1 Å². The van der Waals surface area contributed by atoms with Gasteiger partial charge < -0.3 is 4.90 Å². The number of piperidine rings is 1. The number of likely N-dealkylation sites (tertiary alicyclic amines) is 1. The third-order valence-electron chi connectivity index (χ3n) is 6.85. The van der Waals surface area contributed by atoms with E-state index >= 15 is 0 Å². The highest BCUT2D eigenvalue weighted by Crippen LogP contribution is 2.27. The minimum absolute atomic E-state index is 0.0628. The Morgan fingerprint density at radius 1 is 0.882 bits per heavy atom. The van der Waals surface area contributed by atoms with Gasteiger partial charge in [0, 0.05) is 18.7 Å². The predicted octanol–water partition coefficient (Wildman–Crippen LogP) is 6.25. The summed E-state index contributed by atoms with van der Waals surface area (Å²) in [6.45, 7) is 5.74. The monoisotopic (exact) mass is 449 g/mol. The van der Waals surface area contributed by atoms with Gasteiger partial charge in [-0.15, -0.1) is 0 Å². The number of aryl methyl sites for hydroxylation is 2. The molecule has 172 valence electrons. The highest BCUT2D eigenvalue weighted by Gasteiger charge is 2.27. The van der Waals surface area contributed by atoms with Gasteiger partial charge in [0.05, 0.1) is 11.4 Å². The van der Waals surface area contributed by atoms with Crippen molar-refractivity contribution < 1.29 is 4.79 Å². The summed E-state index contributed by atoms with van der Waals surface area (Å²) in [5, 5.41) is 4.90. The van der Waals surface area contributed by atoms with Gasteiger partial charge in [-0.25, -0.2) is 4.68 Å². The summed E-state index contributed by atoms with van der Waals surface area (Å²) in [6, 6.07) is 29.0. The number of carbonyl (C=O) groups excluding carboxylic acids is 1. The standard InChI is InChI=1S/C30H31N3O/c1-22-13-14-28(23(2)19-22)33-29(21-27(31-33)26-11-7-4-8-12-26)30(34)32-17-15-25(16-18-32)20-24-9-5-3-6-10-24/h3-14,19,21,25H,15-18,20H2,1-2H3. The third kappa shape index (κ3) is 4.67. The summed E-state index contributed by atoms with van der Waals surface area (Å²) in [7, 11) is 0. The van der Waals surface area contributed by atoms with E-state index in [0.29, 0.717) is 11.6 Å². The molecule has 0 unspecified atom stereocenters. The van der Waals surface area contributed by atoms with Crippen LogP contribution in [0.4, 0.5) is 0 Å². The summed E-state index contributed by atoms with van der Waals surface area (Å²) >= 11 is 0. The molecule has 1 aliphatic heterocycles. The lowest BCUT2D eigenvalue weighted by Crippen LogP contribution is -2.39. The molecule has 1 aromatic heterocycles. The second-order valence-corrected chi connectivity index (χ2v) is 9.41. The lowest BCUT2D eigenvalue weighted by Gasteiger charge is -2.32. The van der Waals surface area contributed by atoms with E-state index in [1.807, 2.05) is 46.0 Å². The molecule has 2 heterocycles. The fraction of sp³-hybridized carbons (Fsp3) is 0.267.